The SMILES string of the molecule is COc1ccc(C2OC[C@@H](CCCCO)O2)cc1. The van der Waals surface area contributed by atoms with Crippen molar-refractivity contribution in [2.75, 3.05) is 20.3 Å². The van der Waals surface area contributed by atoms with Gasteiger partial charge in [0, 0.05) is 12.2 Å². The lowest BCUT2D eigenvalue weighted by Crippen LogP contribution is -2.09. The first kappa shape index (κ1) is 13.3. The van der Waals surface area contributed by atoms with E-state index in [2.05, 4.69) is 0 Å². The van der Waals surface area contributed by atoms with E-state index in [1.807, 2.05) is 24.3 Å². The van der Waals surface area contributed by atoms with Gasteiger partial charge in [0.25, 0.3) is 0 Å². The van der Waals surface area contributed by atoms with Crippen LogP contribution in [0.25, 0.3) is 0 Å². The van der Waals surface area contributed by atoms with Crippen LogP contribution in [-0.2, 0) is 9.47 Å². The third-order valence-electron chi connectivity index (χ3n) is 3.07. The molecular weight excluding hydrogens is 232 g/mol. The number of ether oxygens (including phenoxy) is 3. The van der Waals surface area contributed by atoms with Gasteiger partial charge in [-0.15, -0.1) is 0 Å². The monoisotopic (exact) mass is 252 g/mol. The maximum absolute atomic E-state index is 8.74. The largest absolute Gasteiger partial charge is 0.497 e. The molecule has 18 heavy (non-hydrogen) atoms. The van der Waals surface area contributed by atoms with Crippen LogP contribution in [-0.4, -0.2) is 31.5 Å². The normalized spacial score (nSPS) is 23.2. The van der Waals surface area contributed by atoms with E-state index in [-0.39, 0.29) is 19.0 Å². The molecule has 0 aliphatic carbocycles. The first-order chi connectivity index (χ1) is 8.83. The Morgan fingerprint density at radius 1 is 1.28 bits per heavy atom. The third kappa shape index (κ3) is 3.45. The van der Waals surface area contributed by atoms with Crippen LogP contribution in [0.2, 0.25) is 0 Å². The van der Waals surface area contributed by atoms with E-state index in [0.717, 1.165) is 30.6 Å². The Balaban J connectivity index is 1.83. The third-order valence-corrected chi connectivity index (χ3v) is 3.07. The van der Waals surface area contributed by atoms with Gasteiger partial charge in [0.2, 0.25) is 0 Å². The highest BCUT2D eigenvalue weighted by molar-refractivity contribution is 5.28. The van der Waals surface area contributed by atoms with Crippen LogP contribution in [0.15, 0.2) is 24.3 Å². The molecule has 1 aliphatic heterocycles. The highest BCUT2D eigenvalue weighted by atomic mass is 16.7. The minimum absolute atomic E-state index is 0.142. The summed E-state index contributed by atoms with van der Waals surface area (Å²) >= 11 is 0. The Morgan fingerprint density at radius 3 is 2.72 bits per heavy atom. The van der Waals surface area contributed by atoms with Crippen molar-refractivity contribution in [3.8, 4) is 5.75 Å². The Morgan fingerprint density at radius 2 is 2.06 bits per heavy atom. The number of unbranched alkanes of at least 4 members (excludes halogenated alkanes) is 1. The van der Waals surface area contributed by atoms with Crippen LogP contribution in [0, 0.1) is 0 Å². The van der Waals surface area contributed by atoms with E-state index in [1.165, 1.54) is 0 Å². The highest BCUT2D eigenvalue weighted by Crippen LogP contribution is 2.29. The molecule has 4 nitrogen and oxygen atoms in total. The first-order valence-electron chi connectivity index (χ1n) is 6.35. The molecular formula is C14H20O4. The van der Waals surface area contributed by atoms with Crippen LogP contribution in [0.3, 0.4) is 0 Å². The van der Waals surface area contributed by atoms with Crippen molar-refractivity contribution in [3.05, 3.63) is 29.8 Å². The second-order valence-electron chi connectivity index (χ2n) is 4.42. The smallest absolute Gasteiger partial charge is 0.184 e. The van der Waals surface area contributed by atoms with Crippen LogP contribution in [0.5, 0.6) is 5.75 Å². The Bertz CT molecular complexity index is 349. The quantitative estimate of drug-likeness (QED) is 0.789. The minimum atomic E-state index is -0.268. The van der Waals surface area contributed by atoms with Crippen molar-refractivity contribution < 1.29 is 19.3 Å². The topological polar surface area (TPSA) is 47.9 Å². The standard InChI is InChI=1S/C14H20O4/c1-16-12-7-5-11(6-8-12)14-17-10-13(18-14)4-2-3-9-15/h5-8,13-15H,2-4,9-10H2,1H3/t13-,14?/m1/s1. The Labute approximate surface area is 107 Å². The zero-order valence-corrected chi connectivity index (χ0v) is 10.7. The van der Waals surface area contributed by atoms with Gasteiger partial charge in [-0.25, -0.2) is 0 Å². The molecule has 1 saturated heterocycles. The molecule has 1 aliphatic rings. The number of rotatable bonds is 6. The van der Waals surface area contributed by atoms with E-state index in [0.29, 0.717) is 6.61 Å². The van der Waals surface area contributed by atoms with Crippen LogP contribution in [0.4, 0.5) is 0 Å². The van der Waals surface area contributed by atoms with Gasteiger partial charge in [-0.1, -0.05) is 12.1 Å². The van der Waals surface area contributed by atoms with Crippen molar-refractivity contribution in [1.82, 2.24) is 0 Å². The zero-order valence-electron chi connectivity index (χ0n) is 10.7. The lowest BCUT2D eigenvalue weighted by Gasteiger charge is -2.12. The molecule has 1 fully saturated rings. The molecule has 1 N–H and O–H groups in total. The summed E-state index contributed by atoms with van der Waals surface area (Å²) in [6.45, 7) is 0.873. The second kappa shape index (κ2) is 6.73. The van der Waals surface area contributed by atoms with Crippen molar-refractivity contribution in [3.63, 3.8) is 0 Å². The van der Waals surface area contributed by atoms with Gasteiger partial charge in [0.15, 0.2) is 6.29 Å². The summed E-state index contributed by atoms with van der Waals surface area (Å²) in [7, 11) is 1.65. The fourth-order valence-corrected chi connectivity index (χ4v) is 2.02. The van der Waals surface area contributed by atoms with Crippen LogP contribution in [0.1, 0.15) is 31.1 Å². The molecule has 0 spiro atoms. The average molecular weight is 252 g/mol. The number of methoxy groups -OCH3 is 1. The Hall–Kier alpha value is -1.10. The minimum Gasteiger partial charge on any atom is -0.497 e. The van der Waals surface area contributed by atoms with Gasteiger partial charge in [0.05, 0.1) is 19.8 Å². The number of aliphatic hydroxyl groups excluding tert-OH is 1. The Kier molecular flexibility index (Phi) is 4.99. The molecule has 0 bridgehead atoms. The van der Waals surface area contributed by atoms with Gasteiger partial charge in [-0.05, 0) is 31.4 Å². The average Bonchev–Trinajstić information content (AvgIpc) is 2.88. The maximum Gasteiger partial charge on any atom is 0.184 e. The summed E-state index contributed by atoms with van der Waals surface area (Å²) < 4.78 is 16.6. The molecule has 0 radical (unpaired) electrons. The van der Waals surface area contributed by atoms with E-state index in [1.54, 1.807) is 7.11 Å². The highest BCUT2D eigenvalue weighted by Gasteiger charge is 2.26. The molecule has 1 unspecified atom stereocenters. The number of hydrogen-bond donors (Lipinski definition) is 1. The van der Waals surface area contributed by atoms with Crippen molar-refractivity contribution in [2.24, 2.45) is 0 Å². The van der Waals surface area contributed by atoms with Crippen molar-refractivity contribution in [1.29, 1.82) is 0 Å². The first-order valence-corrected chi connectivity index (χ1v) is 6.35. The summed E-state index contributed by atoms with van der Waals surface area (Å²) in [6, 6.07) is 7.72. The predicted octanol–water partition coefficient (Wildman–Crippen LogP) is 2.27. The molecule has 2 atom stereocenters. The van der Waals surface area contributed by atoms with E-state index < -0.39 is 0 Å². The van der Waals surface area contributed by atoms with Gasteiger partial charge in [0.1, 0.15) is 5.75 Å². The molecule has 1 aromatic rings. The summed E-state index contributed by atoms with van der Waals surface area (Å²) in [6.07, 6.45) is 2.61. The van der Waals surface area contributed by atoms with E-state index >= 15 is 0 Å². The van der Waals surface area contributed by atoms with Crippen LogP contribution >= 0.6 is 0 Å². The van der Waals surface area contributed by atoms with Crippen molar-refractivity contribution >= 4 is 0 Å². The fourth-order valence-electron chi connectivity index (χ4n) is 2.02. The molecule has 1 aromatic carbocycles. The van der Waals surface area contributed by atoms with Crippen molar-refractivity contribution in [2.45, 2.75) is 31.7 Å². The number of aliphatic hydroxyl groups is 1. The summed E-state index contributed by atoms with van der Waals surface area (Å²) in [5.41, 5.74) is 1.01. The van der Waals surface area contributed by atoms with E-state index in [4.69, 9.17) is 19.3 Å². The molecule has 0 aromatic heterocycles. The lowest BCUT2D eigenvalue weighted by atomic mass is 10.2. The van der Waals surface area contributed by atoms with Gasteiger partial charge >= 0.3 is 0 Å². The van der Waals surface area contributed by atoms with Gasteiger partial charge in [-0.3, -0.25) is 0 Å². The molecule has 0 saturated carbocycles. The second-order valence-corrected chi connectivity index (χ2v) is 4.42. The number of benzene rings is 1. The van der Waals surface area contributed by atoms with E-state index in [9.17, 15) is 0 Å². The van der Waals surface area contributed by atoms with Gasteiger partial charge in [-0.2, -0.15) is 0 Å². The summed E-state index contributed by atoms with van der Waals surface area (Å²) in [5, 5.41) is 8.74. The van der Waals surface area contributed by atoms with Crippen LogP contribution < -0.4 is 4.74 Å². The predicted molar refractivity (Wildman–Crippen MR) is 67.5 cm³/mol. The molecule has 1 heterocycles. The molecule has 100 valence electrons. The zero-order chi connectivity index (χ0) is 12.8. The summed E-state index contributed by atoms with van der Waals surface area (Å²) in [4.78, 5) is 0. The molecule has 2 rings (SSSR count). The molecule has 0 amide bonds. The van der Waals surface area contributed by atoms with Gasteiger partial charge < -0.3 is 19.3 Å². The fraction of sp³-hybridized carbons (Fsp3) is 0.571. The maximum atomic E-state index is 8.74. The lowest BCUT2D eigenvalue weighted by molar-refractivity contribution is -0.0614. The number of hydrogen-bond acceptors (Lipinski definition) is 4. The summed E-state index contributed by atoms with van der Waals surface area (Å²) in [5.74, 6) is 0.830. The molecule has 4 heteroatoms.